The van der Waals surface area contributed by atoms with Gasteiger partial charge in [-0.15, -0.1) is 6.58 Å². The lowest BCUT2D eigenvalue weighted by atomic mass is 10.2. The van der Waals surface area contributed by atoms with E-state index in [1.54, 1.807) is 43.3 Å². The Balaban J connectivity index is 2.10. The van der Waals surface area contributed by atoms with Crippen LogP contribution >= 0.6 is 11.3 Å². The van der Waals surface area contributed by atoms with Crippen LogP contribution in [0.3, 0.4) is 0 Å². The summed E-state index contributed by atoms with van der Waals surface area (Å²) >= 11 is 1.31. The molecule has 0 saturated carbocycles. The van der Waals surface area contributed by atoms with Crippen molar-refractivity contribution >= 4 is 33.4 Å². The molecule has 0 radical (unpaired) electrons. The molecule has 30 heavy (non-hydrogen) atoms. The van der Waals surface area contributed by atoms with Crippen LogP contribution in [-0.2, 0) is 11.3 Å². The van der Waals surface area contributed by atoms with Gasteiger partial charge < -0.3 is 18.8 Å². The Morgan fingerprint density at radius 1 is 1.10 bits per heavy atom. The maximum atomic E-state index is 12.9. The number of rotatable bonds is 7. The van der Waals surface area contributed by atoms with Gasteiger partial charge in [0.05, 0.1) is 36.6 Å². The van der Waals surface area contributed by atoms with Crippen LogP contribution in [0.5, 0.6) is 11.5 Å². The molecule has 3 rings (SSSR count). The van der Waals surface area contributed by atoms with Crippen molar-refractivity contribution in [3.63, 3.8) is 0 Å². The van der Waals surface area contributed by atoms with Crippen molar-refractivity contribution in [3.05, 3.63) is 65.0 Å². The molecule has 0 bridgehead atoms. The number of benzene rings is 2. The molecule has 0 aliphatic heterocycles. The third-order valence-electron chi connectivity index (χ3n) is 4.30. The highest BCUT2D eigenvalue weighted by Crippen LogP contribution is 2.24. The molecule has 1 aromatic heterocycles. The number of aromatic nitrogens is 1. The number of methoxy groups -OCH3 is 2. The third-order valence-corrected chi connectivity index (χ3v) is 5.34. The summed E-state index contributed by atoms with van der Waals surface area (Å²) in [6, 6.07) is 10.2. The summed E-state index contributed by atoms with van der Waals surface area (Å²) in [5.74, 6) is 0.188. The van der Waals surface area contributed by atoms with Crippen molar-refractivity contribution in [1.82, 2.24) is 4.57 Å². The number of amides is 1. The number of carbonyl (C=O) groups is 2. The minimum absolute atomic E-state index is 0.302. The van der Waals surface area contributed by atoms with Crippen molar-refractivity contribution in [3.8, 4) is 11.5 Å². The number of esters is 1. The first-order valence-electron chi connectivity index (χ1n) is 9.24. The van der Waals surface area contributed by atoms with E-state index in [-0.39, 0.29) is 5.97 Å². The number of allylic oxidation sites excluding steroid dienone is 1. The molecule has 0 saturated heterocycles. The fraction of sp³-hybridized carbons (Fsp3) is 0.227. The Morgan fingerprint density at radius 3 is 2.40 bits per heavy atom. The second-order valence-corrected chi connectivity index (χ2v) is 7.21. The monoisotopic (exact) mass is 426 g/mol. The molecule has 0 aliphatic carbocycles. The second kappa shape index (κ2) is 9.41. The molecule has 3 aromatic rings. The van der Waals surface area contributed by atoms with Gasteiger partial charge in [-0.25, -0.2) is 4.79 Å². The Bertz CT molecular complexity index is 1150. The van der Waals surface area contributed by atoms with Gasteiger partial charge in [-0.1, -0.05) is 17.4 Å². The molecule has 0 fully saturated rings. The SMILES string of the molecule is C=CCn1c(=NC(=O)c2cc(OC)cc(OC)c2)sc2cc(C(=O)OCC)ccc21. The Labute approximate surface area is 177 Å². The molecule has 1 heterocycles. The molecule has 0 aliphatic rings. The average molecular weight is 426 g/mol. The lowest BCUT2D eigenvalue weighted by molar-refractivity contribution is 0.0526. The van der Waals surface area contributed by atoms with Crippen LogP contribution in [-0.4, -0.2) is 37.3 Å². The first-order chi connectivity index (χ1) is 14.5. The fourth-order valence-electron chi connectivity index (χ4n) is 2.89. The van der Waals surface area contributed by atoms with E-state index in [9.17, 15) is 9.59 Å². The van der Waals surface area contributed by atoms with E-state index in [1.807, 2.05) is 10.6 Å². The van der Waals surface area contributed by atoms with Crippen molar-refractivity contribution in [2.75, 3.05) is 20.8 Å². The van der Waals surface area contributed by atoms with Crippen molar-refractivity contribution in [1.29, 1.82) is 0 Å². The quantitative estimate of drug-likeness (QED) is 0.424. The summed E-state index contributed by atoms with van der Waals surface area (Å²) in [7, 11) is 3.04. The smallest absolute Gasteiger partial charge is 0.338 e. The molecule has 1 amide bonds. The summed E-state index contributed by atoms with van der Waals surface area (Å²) in [5.41, 5.74) is 1.65. The van der Waals surface area contributed by atoms with Gasteiger partial charge in [0.25, 0.3) is 5.91 Å². The van der Waals surface area contributed by atoms with E-state index in [1.165, 1.54) is 25.6 Å². The van der Waals surface area contributed by atoms with E-state index >= 15 is 0 Å². The van der Waals surface area contributed by atoms with Crippen LogP contribution in [0, 0.1) is 0 Å². The van der Waals surface area contributed by atoms with Gasteiger partial charge in [0, 0.05) is 18.2 Å². The minimum Gasteiger partial charge on any atom is -0.497 e. The largest absolute Gasteiger partial charge is 0.497 e. The minimum atomic E-state index is -0.429. The van der Waals surface area contributed by atoms with E-state index in [0.717, 1.165) is 10.2 Å². The molecule has 0 N–H and O–H groups in total. The van der Waals surface area contributed by atoms with Crippen LogP contribution in [0.1, 0.15) is 27.6 Å². The van der Waals surface area contributed by atoms with Gasteiger partial charge in [0.1, 0.15) is 11.5 Å². The predicted octanol–water partition coefficient (Wildman–Crippen LogP) is 3.82. The predicted molar refractivity (Wildman–Crippen MR) is 115 cm³/mol. The highest BCUT2D eigenvalue weighted by Gasteiger charge is 2.14. The van der Waals surface area contributed by atoms with E-state index in [4.69, 9.17) is 14.2 Å². The van der Waals surface area contributed by atoms with Gasteiger partial charge in [0.15, 0.2) is 4.80 Å². The lowest BCUT2D eigenvalue weighted by Gasteiger charge is -2.06. The number of thiazole rings is 1. The van der Waals surface area contributed by atoms with Crippen LogP contribution < -0.4 is 14.3 Å². The van der Waals surface area contributed by atoms with Crippen LogP contribution in [0.4, 0.5) is 0 Å². The molecule has 8 heteroatoms. The first-order valence-corrected chi connectivity index (χ1v) is 10.1. The van der Waals surface area contributed by atoms with Crippen LogP contribution in [0.15, 0.2) is 54.0 Å². The van der Waals surface area contributed by atoms with Crippen molar-refractivity contribution < 1.29 is 23.8 Å². The standard InChI is InChI=1S/C22H22N2O5S/c1-5-9-24-18-8-7-14(21(26)29-6-2)12-19(18)30-22(24)23-20(25)15-10-16(27-3)13-17(11-15)28-4/h5,7-8,10-13H,1,6,9H2,2-4H3. The lowest BCUT2D eigenvalue weighted by Crippen LogP contribution is -2.16. The number of hydrogen-bond acceptors (Lipinski definition) is 6. The van der Waals surface area contributed by atoms with Crippen molar-refractivity contribution in [2.45, 2.75) is 13.5 Å². The van der Waals surface area contributed by atoms with Gasteiger partial charge in [0.2, 0.25) is 0 Å². The number of ether oxygens (including phenoxy) is 3. The molecule has 0 atom stereocenters. The Hall–Kier alpha value is -3.39. The van der Waals surface area contributed by atoms with Crippen molar-refractivity contribution in [2.24, 2.45) is 4.99 Å². The summed E-state index contributed by atoms with van der Waals surface area (Å²) in [6.45, 7) is 6.31. The number of hydrogen-bond donors (Lipinski definition) is 0. The van der Waals surface area contributed by atoms with Gasteiger partial charge in [-0.2, -0.15) is 4.99 Å². The Morgan fingerprint density at radius 2 is 1.80 bits per heavy atom. The van der Waals surface area contributed by atoms with Crippen LogP contribution in [0.2, 0.25) is 0 Å². The fourth-order valence-corrected chi connectivity index (χ4v) is 3.96. The molecule has 2 aromatic carbocycles. The molecular formula is C22H22N2O5S. The number of fused-ring (bicyclic) bond motifs is 1. The molecular weight excluding hydrogens is 404 g/mol. The third kappa shape index (κ3) is 4.44. The Kier molecular flexibility index (Phi) is 6.68. The first kappa shape index (κ1) is 21.3. The summed E-state index contributed by atoms with van der Waals surface area (Å²) in [4.78, 5) is 29.7. The average Bonchev–Trinajstić information content (AvgIpc) is 3.09. The number of carbonyl (C=O) groups excluding carboxylic acids is 2. The highest BCUT2D eigenvalue weighted by atomic mass is 32.1. The summed E-state index contributed by atoms with van der Waals surface area (Å²) in [5, 5.41) is 0. The van der Waals surface area contributed by atoms with E-state index in [0.29, 0.717) is 40.6 Å². The molecule has 0 spiro atoms. The summed E-state index contributed by atoms with van der Waals surface area (Å²) < 4.78 is 18.2. The van der Waals surface area contributed by atoms with Crippen LogP contribution in [0.25, 0.3) is 10.2 Å². The van der Waals surface area contributed by atoms with Gasteiger partial charge in [-0.3, -0.25) is 4.79 Å². The molecule has 156 valence electrons. The highest BCUT2D eigenvalue weighted by molar-refractivity contribution is 7.16. The topological polar surface area (TPSA) is 79.1 Å². The molecule has 7 nitrogen and oxygen atoms in total. The van der Waals surface area contributed by atoms with E-state index < -0.39 is 5.91 Å². The van der Waals surface area contributed by atoms with Gasteiger partial charge >= 0.3 is 5.97 Å². The zero-order valence-corrected chi connectivity index (χ0v) is 17.8. The zero-order chi connectivity index (χ0) is 21.7. The summed E-state index contributed by atoms with van der Waals surface area (Å²) in [6.07, 6.45) is 1.73. The second-order valence-electron chi connectivity index (χ2n) is 6.21. The van der Waals surface area contributed by atoms with Gasteiger partial charge in [-0.05, 0) is 37.3 Å². The van der Waals surface area contributed by atoms with E-state index in [2.05, 4.69) is 11.6 Å². The molecule has 0 unspecified atom stereocenters. The maximum absolute atomic E-state index is 12.9. The number of nitrogens with zero attached hydrogens (tertiary/aromatic N) is 2. The maximum Gasteiger partial charge on any atom is 0.338 e. The normalized spacial score (nSPS) is 11.4. The zero-order valence-electron chi connectivity index (χ0n) is 17.0.